The molecule has 1 aliphatic carbocycles. The van der Waals surface area contributed by atoms with E-state index in [0.717, 1.165) is 31.5 Å². The molecule has 6 heteroatoms. The van der Waals surface area contributed by atoms with Gasteiger partial charge in [-0.25, -0.2) is 0 Å². The molecular formula is C14H20N4O2. The van der Waals surface area contributed by atoms with E-state index in [9.17, 15) is 9.59 Å². The van der Waals surface area contributed by atoms with E-state index in [-0.39, 0.29) is 18.4 Å². The summed E-state index contributed by atoms with van der Waals surface area (Å²) in [6, 6.07) is 3.80. The molecule has 20 heavy (non-hydrogen) atoms. The highest BCUT2D eigenvalue weighted by Crippen LogP contribution is 2.18. The van der Waals surface area contributed by atoms with Gasteiger partial charge in [-0.15, -0.1) is 0 Å². The van der Waals surface area contributed by atoms with Crippen molar-refractivity contribution in [2.45, 2.75) is 32.2 Å². The van der Waals surface area contributed by atoms with Gasteiger partial charge in [0.25, 0.3) is 5.91 Å². The van der Waals surface area contributed by atoms with Gasteiger partial charge in [-0.2, -0.15) is 0 Å². The van der Waals surface area contributed by atoms with Gasteiger partial charge in [-0.1, -0.05) is 6.92 Å². The molecule has 1 fully saturated rings. The lowest BCUT2D eigenvalue weighted by atomic mass is 10.3. The van der Waals surface area contributed by atoms with E-state index in [1.165, 1.54) is 0 Å². The number of nitrogens with zero attached hydrogens (tertiary/aromatic N) is 1. The van der Waals surface area contributed by atoms with Gasteiger partial charge in [0.05, 0.1) is 6.54 Å². The Morgan fingerprint density at radius 2 is 2.20 bits per heavy atom. The highest BCUT2D eigenvalue weighted by atomic mass is 16.2. The summed E-state index contributed by atoms with van der Waals surface area (Å²) < 4.78 is 0. The van der Waals surface area contributed by atoms with Crippen LogP contribution in [0.4, 0.5) is 5.69 Å². The SMILES string of the molecule is CCCNc1ccnc(C(=O)NCC(=O)NC2CC2)c1. The second kappa shape index (κ2) is 6.88. The van der Waals surface area contributed by atoms with Crippen molar-refractivity contribution in [2.75, 3.05) is 18.4 Å². The third-order valence-corrected chi connectivity index (χ3v) is 2.92. The lowest BCUT2D eigenvalue weighted by Gasteiger charge is -2.08. The summed E-state index contributed by atoms with van der Waals surface area (Å²) in [7, 11) is 0. The van der Waals surface area contributed by atoms with E-state index in [1.54, 1.807) is 12.3 Å². The Bertz CT molecular complexity index is 486. The quantitative estimate of drug-likeness (QED) is 0.691. The number of pyridine rings is 1. The summed E-state index contributed by atoms with van der Waals surface area (Å²) >= 11 is 0. The minimum absolute atomic E-state index is 0.0103. The van der Waals surface area contributed by atoms with Crippen LogP contribution in [0.25, 0.3) is 0 Å². The summed E-state index contributed by atoms with van der Waals surface area (Å²) in [5.74, 6) is -0.489. The molecule has 1 saturated carbocycles. The number of amides is 2. The first-order valence-corrected chi connectivity index (χ1v) is 6.96. The van der Waals surface area contributed by atoms with Crippen molar-refractivity contribution in [2.24, 2.45) is 0 Å². The maximum Gasteiger partial charge on any atom is 0.270 e. The number of hydrogen-bond donors (Lipinski definition) is 3. The van der Waals surface area contributed by atoms with E-state index < -0.39 is 0 Å². The Kier molecular flexibility index (Phi) is 4.92. The predicted molar refractivity (Wildman–Crippen MR) is 76.5 cm³/mol. The summed E-state index contributed by atoms with van der Waals surface area (Å²) in [6.45, 7) is 2.90. The number of carbonyl (C=O) groups excluding carboxylic acids is 2. The molecule has 1 aromatic heterocycles. The van der Waals surface area contributed by atoms with Gasteiger partial charge in [0, 0.05) is 24.5 Å². The van der Waals surface area contributed by atoms with Crippen LogP contribution in [0.2, 0.25) is 0 Å². The monoisotopic (exact) mass is 276 g/mol. The van der Waals surface area contributed by atoms with Gasteiger partial charge < -0.3 is 16.0 Å². The highest BCUT2D eigenvalue weighted by molar-refractivity contribution is 5.95. The van der Waals surface area contributed by atoms with Crippen LogP contribution in [0.15, 0.2) is 18.3 Å². The summed E-state index contributed by atoms with van der Waals surface area (Å²) in [5.41, 5.74) is 1.17. The first-order valence-electron chi connectivity index (χ1n) is 6.96. The van der Waals surface area contributed by atoms with E-state index in [2.05, 4.69) is 27.9 Å². The Labute approximate surface area is 118 Å². The molecule has 108 valence electrons. The zero-order chi connectivity index (χ0) is 14.4. The van der Waals surface area contributed by atoms with Crippen LogP contribution in [0, 0.1) is 0 Å². The molecule has 1 heterocycles. The molecule has 0 spiro atoms. The van der Waals surface area contributed by atoms with Crippen LogP contribution in [0.1, 0.15) is 36.7 Å². The first kappa shape index (κ1) is 14.3. The minimum Gasteiger partial charge on any atom is -0.385 e. The van der Waals surface area contributed by atoms with E-state index in [4.69, 9.17) is 0 Å². The fourth-order valence-corrected chi connectivity index (χ4v) is 1.69. The van der Waals surface area contributed by atoms with Crippen LogP contribution in [-0.2, 0) is 4.79 Å². The highest BCUT2D eigenvalue weighted by Gasteiger charge is 2.23. The second-order valence-corrected chi connectivity index (χ2v) is 4.88. The van der Waals surface area contributed by atoms with Crippen molar-refractivity contribution in [3.63, 3.8) is 0 Å². The number of aromatic nitrogens is 1. The number of hydrogen-bond acceptors (Lipinski definition) is 4. The second-order valence-electron chi connectivity index (χ2n) is 4.88. The molecular weight excluding hydrogens is 256 g/mol. The van der Waals surface area contributed by atoms with Crippen LogP contribution in [-0.4, -0.2) is 35.9 Å². The molecule has 0 saturated heterocycles. The lowest BCUT2D eigenvalue weighted by Crippen LogP contribution is -2.38. The smallest absolute Gasteiger partial charge is 0.270 e. The average Bonchev–Trinajstić information content (AvgIpc) is 3.26. The molecule has 0 atom stereocenters. The zero-order valence-electron chi connectivity index (χ0n) is 11.6. The summed E-state index contributed by atoms with van der Waals surface area (Å²) in [6.07, 6.45) is 4.65. The standard InChI is InChI=1S/C14H20N4O2/c1-2-6-15-11-5-7-16-12(8-11)14(20)17-9-13(19)18-10-3-4-10/h5,7-8,10H,2-4,6,9H2,1H3,(H,15,16)(H,17,20)(H,18,19). The molecule has 0 radical (unpaired) electrons. The van der Waals surface area contributed by atoms with Crippen molar-refractivity contribution >= 4 is 17.5 Å². The third-order valence-electron chi connectivity index (χ3n) is 2.92. The van der Waals surface area contributed by atoms with Gasteiger partial charge in [0.15, 0.2) is 0 Å². The third kappa shape index (κ3) is 4.53. The Morgan fingerprint density at radius 1 is 1.40 bits per heavy atom. The normalized spacial score (nSPS) is 13.7. The van der Waals surface area contributed by atoms with Gasteiger partial charge in [0.1, 0.15) is 5.69 Å². The molecule has 0 aliphatic heterocycles. The van der Waals surface area contributed by atoms with Crippen molar-refractivity contribution in [3.8, 4) is 0 Å². The Balaban J connectivity index is 1.82. The summed E-state index contributed by atoms with van der Waals surface area (Å²) in [5, 5.41) is 8.58. The lowest BCUT2D eigenvalue weighted by molar-refractivity contribution is -0.120. The van der Waals surface area contributed by atoms with Crippen molar-refractivity contribution in [1.82, 2.24) is 15.6 Å². The fourth-order valence-electron chi connectivity index (χ4n) is 1.69. The fraction of sp³-hybridized carbons (Fsp3) is 0.500. The van der Waals surface area contributed by atoms with Crippen LogP contribution >= 0.6 is 0 Å². The Hall–Kier alpha value is -2.11. The molecule has 1 aliphatic rings. The number of rotatable bonds is 7. The largest absolute Gasteiger partial charge is 0.385 e. The van der Waals surface area contributed by atoms with Crippen molar-refractivity contribution in [1.29, 1.82) is 0 Å². The molecule has 2 amide bonds. The van der Waals surface area contributed by atoms with Crippen molar-refractivity contribution < 1.29 is 9.59 Å². The molecule has 3 N–H and O–H groups in total. The van der Waals surface area contributed by atoms with Gasteiger partial charge in [0.2, 0.25) is 5.91 Å². The zero-order valence-corrected chi connectivity index (χ0v) is 11.6. The van der Waals surface area contributed by atoms with Crippen LogP contribution in [0.5, 0.6) is 0 Å². The first-order chi connectivity index (χ1) is 9.69. The number of anilines is 1. The molecule has 0 bridgehead atoms. The Morgan fingerprint density at radius 3 is 2.90 bits per heavy atom. The van der Waals surface area contributed by atoms with Gasteiger partial charge in [-0.05, 0) is 31.4 Å². The average molecular weight is 276 g/mol. The predicted octanol–water partition coefficient (Wildman–Crippen LogP) is 0.912. The van der Waals surface area contributed by atoms with Crippen molar-refractivity contribution in [3.05, 3.63) is 24.0 Å². The maximum absolute atomic E-state index is 11.9. The number of carbonyl (C=O) groups is 2. The topological polar surface area (TPSA) is 83.1 Å². The molecule has 0 unspecified atom stereocenters. The maximum atomic E-state index is 11.9. The van der Waals surface area contributed by atoms with E-state index in [1.807, 2.05) is 6.07 Å². The van der Waals surface area contributed by atoms with E-state index in [0.29, 0.717) is 11.7 Å². The molecule has 1 aromatic rings. The minimum atomic E-state index is -0.337. The molecule has 6 nitrogen and oxygen atoms in total. The molecule has 2 rings (SSSR count). The number of nitrogens with one attached hydrogen (secondary N) is 3. The summed E-state index contributed by atoms with van der Waals surface area (Å²) in [4.78, 5) is 27.4. The van der Waals surface area contributed by atoms with Crippen LogP contribution in [0.3, 0.4) is 0 Å². The van der Waals surface area contributed by atoms with Gasteiger partial charge >= 0.3 is 0 Å². The molecule has 0 aromatic carbocycles. The van der Waals surface area contributed by atoms with E-state index >= 15 is 0 Å². The van der Waals surface area contributed by atoms with Gasteiger partial charge in [-0.3, -0.25) is 14.6 Å². The van der Waals surface area contributed by atoms with Crippen LogP contribution < -0.4 is 16.0 Å².